The van der Waals surface area contributed by atoms with E-state index >= 15 is 4.39 Å². The third-order valence-electron chi connectivity index (χ3n) is 8.92. The first kappa shape index (κ1) is 36.3. The Morgan fingerprint density at radius 1 is 0.961 bits per heavy atom. The molecule has 0 radical (unpaired) electrons. The van der Waals surface area contributed by atoms with Gasteiger partial charge in [-0.25, -0.2) is 13.6 Å². The molecule has 3 unspecified atom stereocenters. The number of rotatable bonds is 13. The van der Waals surface area contributed by atoms with Gasteiger partial charge in [0.05, 0.1) is 28.6 Å². The number of fused-ring (bicyclic) bond motifs is 3. The Morgan fingerprint density at radius 3 is 2.55 bits per heavy atom. The summed E-state index contributed by atoms with van der Waals surface area (Å²) in [6, 6.07) is 9.39. The number of urea groups is 1. The maximum atomic E-state index is 15.3. The molecule has 2 saturated heterocycles. The van der Waals surface area contributed by atoms with E-state index in [1.807, 2.05) is 34.4 Å². The maximum absolute atomic E-state index is 15.3. The van der Waals surface area contributed by atoms with Crippen LogP contribution in [0, 0.1) is 11.6 Å². The second kappa shape index (κ2) is 15.8. The van der Waals surface area contributed by atoms with Crippen molar-refractivity contribution in [3.05, 3.63) is 75.4 Å². The van der Waals surface area contributed by atoms with Crippen LogP contribution in [-0.4, -0.2) is 69.5 Å². The van der Waals surface area contributed by atoms with Crippen LogP contribution in [0.2, 0.25) is 0 Å². The zero-order valence-corrected chi connectivity index (χ0v) is 30.1. The van der Waals surface area contributed by atoms with Crippen LogP contribution in [0.4, 0.5) is 13.6 Å². The van der Waals surface area contributed by atoms with Crippen molar-refractivity contribution >= 4 is 69.1 Å². The fourth-order valence-corrected chi connectivity index (χ4v) is 8.28. The molecule has 4 aliphatic rings. The lowest BCUT2D eigenvalue weighted by atomic mass is 9.89. The average molecular weight is 834 g/mol. The number of phenols is 1. The number of nitrogens with one attached hydrogen (secondary N) is 5. The van der Waals surface area contributed by atoms with Gasteiger partial charge in [0.15, 0.2) is 17.4 Å². The summed E-state index contributed by atoms with van der Waals surface area (Å²) >= 11 is 3.68. The van der Waals surface area contributed by atoms with E-state index in [4.69, 9.17) is 4.42 Å². The highest BCUT2D eigenvalue weighted by atomic mass is 127. The number of amides is 5. The molecule has 5 amide bonds. The summed E-state index contributed by atoms with van der Waals surface area (Å²) in [4.78, 5) is 61.9. The van der Waals surface area contributed by atoms with E-state index in [1.165, 1.54) is 6.07 Å². The molecule has 268 valence electrons. The van der Waals surface area contributed by atoms with Gasteiger partial charge in [-0.3, -0.25) is 19.2 Å². The highest BCUT2D eigenvalue weighted by molar-refractivity contribution is 14.1. The smallest absolute Gasteiger partial charge is 0.315 e. The van der Waals surface area contributed by atoms with E-state index in [-0.39, 0.29) is 98.5 Å². The SMILES string of the molecule is O=C(CI)NCc1c(O)c(F)cc2c(-c3ccccc3C(=O)NCCNC(=O)CCCCC3SCC4NC(=O)NC43)c3cc(F)c(=O)cc-3oc12. The van der Waals surface area contributed by atoms with Gasteiger partial charge < -0.3 is 36.1 Å². The molecule has 6 rings (SSSR count). The van der Waals surface area contributed by atoms with Crippen molar-refractivity contribution in [2.75, 3.05) is 23.3 Å². The third kappa shape index (κ3) is 7.90. The lowest BCUT2D eigenvalue weighted by Crippen LogP contribution is -2.36. The molecule has 51 heavy (non-hydrogen) atoms. The second-order valence-corrected chi connectivity index (χ2v) is 14.3. The van der Waals surface area contributed by atoms with Gasteiger partial charge in [-0.2, -0.15) is 11.8 Å². The van der Waals surface area contributed by atoms with Gasteiger partial charge in [0.2, 0.25) is 17.2 Å². The monoisotopic (exact) mass is 833 g/mol. The second-order valence-electron chi connectivity index (χ2n) is 12.2. The number of alkyl halides is 1. The molecule has 3 heterocycles. The van der Waals surface area contributed by atoms with Gasteiger partial charge in [0, 0.05) is 58.7 Å². The van der Waals surface area contributed by atoms with Crippen molar-refractivity contribution in [1.82, 2.24) is 26.6 Å². The topological polar surface area (TPSA) is 179 Å². The molecule has 0 spiro atoms. The van der Waals surface area contributed by atoms with E-state index in [1.54, 1.807) is 18.2 Å². The van der Waals surface area contributed by atoms with Crippen LogP contribution in [0.1, 0.15) is 41.6 Å². The minimum atomic E-state index is -1.09. The third-order valence-corrected chi connectivity index (χ3v) is 11.1. The van der Waals surface area contributed by atoms with Crippen LogP contribution in [0.3, 0.4) is 0 Å². The zero-order chi connectivity index (χ0) is 36.2. The minimum absolute atomic E-state index is 0.0670. The van der Waals surface area contributed by atoms with E-state index in [9.17, 15) is 33.5 Å². The van der Waals surface area contributed by atoms with Crippen LogP contribution >= 0.6 is 34.4 Å². The van der Waals surface area contributed by atoms with Gasteiger partial charge in [-0.15, -0.1) is 0 Å². The van der Waals surface area contributed by atoms with Crippen LogP contribution in [-0.2, 0) is 16.1 Å². The van der Waals surface area contributed by atoms with E-state index in [0.717, 1.165) is 36.8 Å². The highest BCUT2D eigenvalue weighted by Crippen LogP contribution is 2.44. The van der Waals surface area contributed by atoms with E-state index in [2.05, 4.69) is 26.6 Å². The number of hydrogen-bond acceptors (Lipinski definition) is 8. The lowest BCUT2D eigenvalue weighted by Gasteiger charge is -2.20. The number of benzene rings is 3. The van der Waals surface area contributed by atoms with Crippen molar-refractivity contribution in [2.24, 2.45) is 0 Å². The quantitative estimate of drug-likeness (QED) is 0.0382. The fraction of sp³-hybridized carbons (Fsp3) is 0.343. The average Bonchev–Trinajstić information content (AvgIpc) is 3.67. The van der Waals surface area contributed by atoms with Crippen molar-refractivity contribution in [3.8, 4) is 28.2 Å². The number of unbranched alkanes of at least 4 members (excludes halogenated alkanes) is 1. The molecule has 2 aromatic rings. The molecule has 12 nitrogen and oxygen atoms in total. The number of aromatic hydroxyl groups is 1. The largest absolute Gasteiger partial charge is 0.504 e. The molecule has 0 saturated carbocycles. The Morgan fingerprint density at radius 2 is 1.75 bits per heavy atom. The zero-order valence-electron chi connectivity index (χ0n) is 27.1. The number of halogens is 3. The predicted octanol–water partition coefficient (Wildman–Crippen LogP) is 4.17. The Balaban J connectivity index is 1.16. The van der Waals surface area contributed by atoms with E-state index < -0.39 is 28.7 Å². The summed E-state index contributed by atoms with van der Waals surface area (Å²) in [7, 11) is 0. The van der Waals surface area contributed by atoms with Crippen LogP contribution < -0.4 is 32.0 Å². The predicted molar refractivity (Wildman–Crippen MR) is 196 cm³/mol. The highest BCUT2D eigenvalue weighted by Gasteiger charge is 2.42. The Labute approximate surface area is 308 Å². The maximum Gasteiger partial charge on any atom is 0.315 e. The number of phenolic OH excluding ortho intramolecular Hbond substituents is 1. The molecule has 3 atom stereocenters. The Hall–Kier alpha value is -4.45. The summed E-state index contributed by atoms with van der Waals surface area (Å²) in [6.45, 7) is -0.0547. The van der Waals surface area contributed by atoms with Gasteiger partial charge in [-0.1, -0.05) is 47.2 Å². The first-order chi connectivity index (χ1) is 24.5. The molecule has 0 bridgehead atoms. The molecule has 1 aliphatic carbocycles. The Kier molecular flexibility index (Phi) is 11.3. The number of carbonyl (C=O) groups is 4. The molecule has 2 fully saturated rings. The normalized spacial score (nSPS) is 17.9. The van der Waals surface area contributed by atoms with Crippen LogP contribution in [0.5, 0.6) is 5.75 Å². The molecular formula is C35H34F2IN5O7S. The van der Waals surface area contributed by atoms with Gasteiger partial charge in [0.25, 0.3) is 5.91 Å². The van der Waals surface area contributed by atoms with Gasteiger partial charge in [-0.05, 0) is 36.6 Å². The summed E-state index contributed by atoms with van der Waals surface area (Å²) in [5, 5.41) is 25.1. The number of thioether (sulfide) groups is 1. The standard InChI is InChI=1S/C35H34F2IN5O7S/c36-22-11-19-26(13-25(22)44)50-33-20(12-23(37)32(47)21(33)15-41-29(46)14-38)30(19)17-5-1-2-6-18(17)34(48)40-10-9-39-28(45)8-4-3-7-27-31-24(16-51-27)42-35(49)43-31/h1-2,5-6,11-13,24,27,31,47H,3-4,7-10,14-16H2,(H,39,45)(H,40,48)(H,41,46)(H2,42,43,49). The summed E-state index contributed by atoms with van der Waals surface area (Å²) < 4.78 is 36.0. The summed E-state index contributed by atoms with van der Waals surface area (Å²) in [6.07, 6.45) is 2.74. The van der Waals surface area contributed by atoms with Crippen molar-refractivity contribution in [2.45, 2.75) is 49.6 Å². The van der Waals surface area contributed by atoms with Crippen LogP contribution in [0.25, 0.3) is 33.4 Å². The van der Waals surface area contributed by atoms with Crippen molar-refractivity contribution < 1.29 is 37.5 Å². The van der Waals surface area contributed by atoms with Gasteiger partial charge in [0.1, 0.15) is 11.3 Å². The fourth-order valence-electron chi connectivity index (χ4n) is 6.47. The molecule has 3 aliphatic heterocycles. The summed E-state index contributed by atoms with van der Waals surface area (Å²) in [5.74, 6) is -3.17. The molecule has 6 N–H and O–H groups in total. The number of carbonyl (C=O) groups excluding carboxylic acids is 4. The molecule has 2 aromatic carbocycles. The first-order valence-corrected chi connectivity index (χ1v) is 18.9. The molecule has 16 heteroatoms. The van der Waals surface area contributed by atoms with Gasteiger partial charge >= 0.3 is 6.03 Å². The van der Waals surface area contributed by atoms with Crippen LogP contribution in [0.15, 0.2) is 51.7 Å². The Bertz CT molecular complexity index is 2050. The van der Waals surface area contributed by atoms with Crippen molar-refractivity contribution in [3.63, 3.8) is 0 Å². The van der Waals surface area contributed by atoms with Crippen molar-refractivity contribution in [1.29, 1.82) is 0 Å². The lowest BCUT2D eigenvalue weighted by molar-refractivity contribution is -0.121. The first-order valence-electron chi connectivity index (χ1n) is 16.3. The van der Waals surface area contributed by atoms with E-state index in [0.29, 0.717) is 18.1 Å². The molecule has 0 aromatic heterocycles. The minimum Gasteiger partial charge on any atom is -0.504 e. The molecular weight excluding hydrogens is 799 g/mol. The number of hydrogen-bond donors (Lipinski definition) is 6. The summed E-state index contributed by atoms with van der Waals surface area (Å²) in [5.41, 5.74) is -0.487.